The number of likely N-dealkylation sites (N-methyl/N-ethyl adjacent to an activating group) is 1. The monoisotopic (exact) mass is 396 g/mol. The lowest BCUT2D eigenvalue weighted by Gasteiger charge is -2.31. The van der Waals surface area contributed by atoms with E-state index >= 15 is 0 Å². The summed E-state index contributed by atoms with van der Waals surface area (Å²) in [4.78, 5) is 15.1. The second kappa shape index (κ2) is 10.4. The molecule has 0 heterocycles. The molecule has 29 heavy (non-hydrogen) atoms. The van der Waals surface area contributed by atoms with Crippen molar-refractivity contribution < 1.29 is 9.90 Å². The lowest BCUT2D eigenvalue weighted by Crippen LogP contribution is -2.45. The summed E-state index contributed by atoms with van der Waals surface area (Å²) in [5.74, 6) is 0.405. The van der Waals surface area contributed by atoms with Crippen LogP contribution in [0.5, 0.6) is 5.75 Å². The van der Waals surface area contributed by atoms with E-state index in [0.717, 1.165) is 25.1 Å². The molecule has 1 atom stereocenters. The Balaban J connectivity index is 2.03. The Morgan fingerprint density at radius 1 is 1.10 bits per heavy atom. The van der Waals surface area contributed by atoms with E-state index in [4.69, 9.17) is 0 Å². The van der Waals surface area contributed by atoms with Gasteiger partial charge in [-0.15, -0.1) is 0 Å². The van der Waals surface area contributed by atoms with Gasteiger partial charge in [-0.25, -0.2) is 0 Å². The molecule has 4 heteroatoms. The SMILES string of the molecule is CCN(CC)[C@H](CNC(=O)CC(C)(C)c1ccccc1)Cc1ccc(O)c(C)c1. The largest absolute Gasteiger partial charge is 0.508 e. The quantitative estimate of drug-likeness (QED) is 0.624. The van der Waals surface area contributed by atoms with Crippen LogP contribution >= 0.6 is 0 Å². The third kappa shape index (κ3) is 6.60. The van der Waals surface area contributed by atoms with Crippen molar-refractivity contribution in [2.45, 2.75) is 58.9 Å². The maximum Gasteiger partial charge on any atom is 0.220 e. The second-order valence-corrected chi connectivity index (χ2v) is 8.43. The Kier molecular flexibility index (Phi) is 8.27. The van der Waals surface area contributed by atoms with Crippen molar-refractivity contribution in [3.8, 4) is 5.75 Å². The van der Waals surface area contributed by atoms with Crippen LogP contribution in [0.1, 0.15) is 50.8 Å². The molecule has 2 N–H and O–H groups in total. The van der Waals surface area contributed by atoms with Crippen molar-refractivity contribution in [3.63, 3.8) is 0 Å². The van der Waals surface area contributed by atoms with Crippen LogP contribution in [0.4, 0.5) is 0 Å². The molecular weight excluding hydrogens is 360 g/mol. The summed E-state index contributed by atoms with van der Waals surface area (Å²) in [6.07, 6.45) is 1.30. The molecule has 0 spiro atoms. The lowest BCUT2D eigenvalue weighted by atomic mass is 9.81. The molecule has 0 bridgehead atoms. The first-order valence-corrected chi connectivity index (χ1v) is 10.6. The Hall–Kier alpha value is -2.33. The van der Waals surface area contributed by atoms with Crippen LogP contribution in [0.25, 0.3) is 0 Å². The minimum Gasteiger partial charge on any atom is -0.508 e. The number of carbonyl (C=O) groups excluding carboxylic acids is 1. The topological polar surface area (TPSA) is 52.6 Å². The number of hydrogen-bond donors (Lipinski definition) is 2. The fourth-order valence-corrected chi connectivity index (χ4v) is 3.87. The van der Waals surface area contributed by atoms with Gasteiger partial charge in [-0.05, 0) is 54.6 Å². The first-order valence-electron chi connectivity index (χ1n) is 10.6. The molecule has 2 aromatic rings. The van der Waals surface area contributed by atoms with E-state index in [1.807, 2.05) is 37.3 Å². The molecule has 0 saturated carbocycles. The summed E-state index contributed by atoms with van der Waals surface area (Å²) >= 11 is 0. The van der Waals surface area contributed by atoms with Gasteiger partial charge in [0.25, 0.3) is 0 Å². The summed E-state index contributed by atoms with van der Waals surface area (Å²) in [7, 11) is 0. The number of amides is 1. The summed E-state index contributed by atoms with van der Waals surface area (Å²) in [6.45, 7) is 12.9. The van der Waals surface area contributed by atoms with Gasteiger partial charge in [0.1, 0.15) is 5.75 Å². The fraction of sp³-hybridized carbons (Fsp3) is 0.480. The van der Waals surface area contributed by atoms with Crippen molar-refractivity contribution in [1.82, 2.24) is 10.2 Å². The Morgan fingerprint density at radius 3 is 2.34 bits per heavy atom. The first-order chi connectivity index (χ1) is 13.8. The van der Waals surface area contributed by atoms with Crippen molar-refractivity contribution >= 4 is 5.91 Å². The first kappa shape index (κ1) is 23.0. The van der Waals surface area contributed by atoms with Crippen LogP contribution in [-0.2, 0) is 16.6 Å². The molecule has 0 aliphatic heterocycles. The van der Waals surface area contributed by atoms with Crippen LogP contribution in [0.15, 0.2) is 48.5 Å². The third-order valence-corrected chi connectivity index (χ3v) is 5.75. The standard InChI is InChI=1S/C25H36N2O2/c1-6-27(7-2)22(16-20-13-14-23(28)19(3)15-20)18-26-24(29)17-25(4,5)21-11-9-8-10-12-21/h8-15,22,28H,6-7,16-18H2,1-5H3,(H,26,29)/t22-/m0/s1. The number of phenolic OH excluding ortho intramolecular Hbond substituents is 1. The number of phenols is 1. The molecule has 0 saturated heterocycles. The fourth-order valence-electron chi connectivity index (χ4n) is 3.87. The van der Waals surface area contributed by atoms with Crippen LogP contribution in [0.2, 0.25) is 0 Å². The molecule has 158 valence electrons. The highest BCUT2D eigenvalue weighted by Gasteiger charge is 2.25. The molecule has 1 amide bonds. The zero-order valence-electron chi connectivity index (χ0n) is 18.5. The van der Waals surface area contributed by atoms with E-state index in [9.17, 15) is 9.90 Å². The van der Waals surface area contributed by atoms with Crippen LogP contribution in [0, 0.1) is 6.92 Å². The minimum absolute atomic E-state index is 0.0814. The number of benzene rings is 2. The Bertz CT molecular complexity index is 783. The number of rotatable bonds is 10. The van der Waals surface area contributed by atoms with Gasteiger partial charge in [0, 0.05) is 19.0 Å². The summed E-state index contributed by atoms with van der Waals surface area (Å²) in [6, 6.07) is 16.2. The van der Waals surface area contributed by atoms with E-state index in [2.05, 4.69) is 50.0 Å². The van der Waals surface area contributed by atoms with E-state index in [1.165, 1.54) is 11.1 Å². The van der Waals surface area contributed by atoms with Gasteiger partial charge in [-0.2, -0.15) is 0 Å². The van der Waals surface area contributed by atoms with Crippen molar-refractivity contribution in [1.29, 1.82) is 0 Å². The average Bonchev–Trinajstić information content (AvgIpc) is 2.70. The van der Waals surface area contributed by atoms with Gasteiger partial charge in [0.15, 0.2) is 0 Å². The van der Waals surface area contributed by atoms with Gasteiger partial charge < -0.3 is 10.4 Å². The highest BCUT2D eigenvalue weighted by atomic mass is 16.3. The van der Waals surface area contributed by atoms with E-state index in [1.54, 1.807) is 6.07 Å². The van der Waals surface area contributed by atoms with Crippen LogP contribution in [0.3, 0.4) is 0 Å². The van der Waals surface area contributed by atoms with Crippen molar-refractivity contribution in [3.05, 3.63) is 65.2 Å². The number of aryl methyl sites for hydroxylation is 1. The second-order valence-electron chi connectivity index (χ2n) is 8.43. The molecule has 2 aromatic carbocycles. The van der Waals surface area contributed by atoms with Gasteiger partial charge >= 0.3 is 0 Å². The maximum absolute atomic E-state index is 12.7. The predicted octanol–water partition coefficient (Wildman–Crippen LogP) is 4.44. The minimum atomic E-state index is -0.204. The highest BCUT2D eigenvalue weighted by molar-refractivity contribution is 5.77. The molecule has 0 fully saturated rings. The highest BCUT2D eigenvalue weighted by Crippen LogP contribution is 2.26. The zero-order chi connectivity index (χ0) is 21.4. The van der Waals surface area contributed by atoms with Gasteiger partial charge in [0.2, 0.25) is 5.91 Å². The van der Waals surface area contributed by atoms with E-state index < -0.39 is 0 Å². The number of carbonyl (C=O) groups is 1. The number of nitrogens with zero attached hydrogens (tertiary/aromatic N) is 1. The molecule has 4 nitrogen and oxygen atoms in total. The average molecular weight is 397 g/mol. The third-order valence-electron chi connectivity index (χ3n) is 5.75. The van der Waals surface area contributed by atoms with Gasteiger partial charge in [-0.3, -0.25) is 9.69 Å². The van der Waals surface area contributed by atoms with Crippen LogP contribution < -0.4 is 5.32 Å². The molecule has 2 rings (SSSR count). The number of nitrogens with one attached hydrogen (secondary N) is 1. The predicted molar refractivity (Wildman–Crippen MR) is 120 cm³/mol. The van der Waals surface area contributed by atoms with Gasteiger partial charge in [0.05, 0.1) is 0 Å². The van der Waals surface area contributed by atoms with Crippen molar-refractivity contribution in [2.24, 2.45) is 0 Å². The van der Waals surface area contributed by atoms with Crippen molar-refractivity contribution in [2.75, 3.05) is 19.6 Å². The molecule has 0 aromatic heterocycles. The lowest BCUT2D eigenvalue weighted by molar-refractivity contribution is -0.122. The Morgan fingerprint density at radius 2 is 1.76 bits per heavy atom. The normalized spacial score (nSPS) is 12.8. The smallest absolute Gasteiger partial charge is 0.220 e. The number of hydrogen-bond acceptors (Lipinski definition) is 3. The maximum atomic E-state index is 12.7. The summed E-state index contributed by atoms with van der Waals surface area (Å²) in [5.41, 5.74) is 3.03. The Labute approximate surface area is 175 Å². The zero-order valence-corrected chi connectivity index (χ0v) is 18.5. The molecular formula is C25H36N2O2. The molecule has 0 aliphatic rings. The summed E-state index contributed by atoms with van der Waals surface area (Å²) < 4.78 is 0. The van der Waals surface area contributed by atoms with Gasteiger partial charge in [-0.1, -0.05) is 70.2 Å². The molecule has 0 unspecified atom stereocenters. The van der Waals surface area contributed by atoms with E-state index in [0.29, 0.717) is 18.7 Å². The van der Waals surface area contributed by atoms with E-state index in [-0.39, 0.29) is 17.4 Å². The van der Waals surface area contributed by atoms with Crippen LogP contribution in [-0.4, -0.2) is 41.6 Å². The number of aromatic hydroxyl groups is 1. The molecule has 0 radical (unpaired) electrons. The molecule has 0 aliphatic carbocycles. The summed E-state index contributed by atoms with van der Waals surface area (Å²) in [5, 5.41) is 13.0.